The number of nitrogens with zero attached hydrogens (tertiary/aromatic N) is 4. The minimum Gasteiger partial charge on any atom is -0.545 e. The molecule has 1 aliphatic rings. The number of carbonyl (C=O) groups excluding carboxylic acids is 1. The fourth-order valence-electron chi connectivity index (χ4n) is 2.58. The monoisotopic (exact) mass is 285 g/mol. The van der Waals surface area contributed by atoms with E-state index >= 15 is 0 Å². The van der Waals surface area contributed by atoms with Gasteiger partial charge in [-0.1, -0.05) is 13.0 Å². The smallest absolute Gasteiger partial charge is 0.128 e. The largest absolute Gasteiger partial charge is 0.545 e. The van der Waals surface area contributed by atoms with Gasteiger partial charge in [-0.25, -0.2) is 4.98 Å². The Bertz CT molecular complexity index is 635. The van der Waals surface area contributed by atoms with Crippen molar-refractivity contribution in [3.8, 4) is 0 Å². The first kappa shape index (κ1) is 13.6. The van der Waals surface area contributed by atoms with E-state index in [1.165, 1.54) is 18.8 Å². The molecule has 1 atom stereocenters. The molecule has 0 spiro atoms. The van der Waals surface area contributed by atoms with Gasteiger partial charge >= 0.3 is 0 Å². The number of hydrogen-bond acceptors (Lipinski definition) is 5. The van der Waals surface area contributed by atoms with Gasteiger partial charge in [-0.3, -0.25) is 4.68 Å². The van der Waals surface area contributed by atoms with Crippen molar-refractivity contribution in [2.45, 2.75) is 19.9 Å². The number of rotatable bonds is 4. The van der Waals surface area contributed by atoms with E-state index in [9.17, 15) is 9.90 Å². The third kappa shape index (κ3) is 3.04. The van der Waals surface area contributed by atoms with E-state index in [0.29, 0.717) is 6.54 Å². The first-order valence-corrected chi connectivity index (χ1v) is 7.05. The zero-order chi connectivity index (χ0) is 14.8. The molecular weight excluding hydrogens is 268 g/mol. The molecule has 0 bridgehead atoms. The predicted molar refractivity (Wildman–Crippen MR) is 75.9 cm³/mol. The topological polar surface area (TPSA) is 74.1 Å². The van der Waals surface area contributed by atoms with Crippen LogP contribution in [0.15, 0.2) is 30.7 Å². The van der Waals surface area contributed by atoms with Crippen molar-refractivity contribution in [3.05, 3.63) is 41.9 Å². The van der Waals surface area contributed by atoms with Crippen LogP contribution < -0.4 is 10.0 Å². The van der Waals surface area contributed by atoms with Gasteiger partial charge in [-0.05, 0) is 24.0 Å². The minimum absolute atomic E-state index is 0.0885. The van der Waals surface area contributed by atoms with E-state index < -0.39 is 5.97 Å². The molecule has 2 aromatic heterocycles. The number of hydrogen-bond donors (Lipinski definition) is 0. The molecule has 110 valence electrons. The molecule has 3 heterocycles. The molecule has 0 aliphatic carbocycles. The van der Waals surface area contributed by atoms with E-state index in [2.05, 4.69) is 21.9 Å². The van der Waals surface area contributed by atoms with Gasteiger partial charge in [0.15, 0.2) is 0 Å². The van der Waals surface area contributed by atoms with Crippen LogP contribution in [0.3, 0.4) is 0 Å². The van der Waals surface area contributed by atoms with E-state index in [4.69, 9.17) is 0 Å². The average molecular weight is 285 g/mol. The van der Waals surface area contributed by atoms with Crippen LogP contribution in [0, 0.1) is 5.92 Å². The highest BCUT2D eigenvalue weighted by Gasteiger charge is 2.19. The zero-order valence-corrected chi connectivity index (χ0v) is 11.9. The van der Waals surface area contributed by atoms with Gasteiger partial charge in [0.25, 0.3) is 0 Å². The van der Waals surface area contributed by atoms with Crippen LogP contribution in [-0.2, 0) is 6.54 Å². The van der Waals surface area contributed by atoms with Crippen LogP contribution >= 0.6 is 0 Å². The number of carboxylic acids is 1. The summed E-state index contributed by atoms with van der Waals surface area (Å²) >= 11 is 0. The first-order chi connectivity index (χ1) is 10.1. The highest BCUT2D eigenvalue weighted by molar-refractivity contribution is 5.84. The highest BCUT2D eigenvalue weighted by atomic mass is 16.4. The van der Waals surface area contributed by atoms with Gasteiger partial charge in [0.05, 0.1) is 18.7 Å². The summed E-state index contributed by atoms with van der Waals surface area (Å²) in [6, 6.07) is 4.02. The molecule has 0 aromatic carbocycles. The Hall–Kier alpha value is -2.37. The van der Waals surface area contributed by atoms with Gasteiger partial charge in [0, 0.05) is 31.0 Å². The van der Waals surface area contributed by atoms with Crippen LogP contribution in [0.1, 0.15) is 29.3 Å². The lowest BCUT2D eigenvalue weighted by Crippen LogP contribution is -2.21. The van der Waals surface area contributed by atoms with E-state index in [1.807, 2.05) is 18.3 Å². The van der Waals surface area contributed by atoms with Crippen molar-refractivity contribution in [2.75, 3.05) is 18.0 Å². The number of carboxylic acid groups (broad SMARTS) is 1. The summed E-state index contributed by atoms with van der Waals surface area (Å²) in [4.78, 5) is 17.5. The molecule has 1 saturated heterocycles. The third-order valence-corrected chi connectivity index (χ3v) is 3.77. The number of anilines is 1. The molecule has 21 heavy (non-hydrogen) atoms. The molecule has 0 radical (unpaired) electrons. The van der Waals surface area contributed by atoms with Crippen molar-refractivity contribution in [2.24, 2.45) is 5.92 Å². The summed E-state index contributed by atoms with van der Waals surface area (Å²) in [5, 5.41) is 14.7. The van der Waals surface area contributed by atoms with Crippen LogP contribution in [0.2, 0.25) is 0 Å². The minimum atomic E-state index is -1.21. The SMILES string of the molecule is C[C@H]1CCN(c2ccc(Cn3cc(C(=O)[O-])cn3)cn2)C1. The van der Waals surface area contributed by atoms with Crippen molar-refractivity contribution >= 4 is 11.8 Å². The fourth-order valence-corrected chi connectivity index (χ4v) is 2.58. The highest BCUT2D eigenvalue weighted by Crippen LogP contribution is 2.21. The van der Waals surface area contributed by atoms with E-state index in [1.54, 1.807) is 4.68 Å². The molecule has 0 unspecified atom stereocenters. The van der Waals surface area contributed by atoms with Crippen molar-refractivity contribution in [1.29, 1.82) is 0 Å². The molecule has 0 saturated carbocycles. The molecule has 0 N–H and O–H groups in total. The summed E-state index contributed by atoms with van der Waals surface area (Å²) in [6.45, 7) is 4.86. The van der Waals surface area contributed by atoms with Crippen LogP contribution in [0.5, 0.6) is 0 Å². The summed E-state index contributed by atoms with van der Waals surface area (Å²) in [5.74, 6) is 0.510. The number of aromatic carboxylic acids is 1. The van der Waals surface area contributed by atoms with Crippen molar-refractivity contribution < 1.29 is 9.90 Å². The molecule has 1 aliphatic heterocycles. The van der Waals surface area contributed by atoms with Gasteiger partial charge in [-0.2, -0.15) is 5.10 Å². The van der Waals surface area contributed by atoms with Gasteiger partial charge < -0.3 is 14.8 Å². The molecule has 2 aromatic rings. The Kier molecular flexibility index (Phi) is 3.60. The molecule has 0 amide bonds. The molecule has 1 fully saturated rings. The standard InChI is InChI=1S/C15H18N4O2/c1-11-4-5-18(8-11)14-3-2-12(6-16-14)9-19-10-13(7-17-19)15(20)21/h2-3,6-7,10-11H,4-5,8-9H2,1H3,(H,20,21)/p-1/t11-/m0/s1. The second kappa shape index (κ2) is 5.55. The van der Waals surface area contributed by atoms with Crippen molar-refractivity contribution in [3.63, 3.8) is 0 Å². The molecular formula is C15H17N4O2-. The molecule has 6 nitrogen and oxygen atoms in total. The summed E-state index contributed by atoms with van der Waals surface area (Å²) < 4.78 is 1.57. The quantitative estimate of drug-likeness (QED) is 0.819. The van der Waals surface area contributed by atoms with Crippen LogP contribution in [-0.4, -0.2) is 33.8 Å². The Balaban J connectivity index is 1.67. The lowest BCUT2D eigenvalue weighted by molar-refractivity contribution is -0.255. The van der Waals surface area contributed by atoms with Gasteiger partial charge in [0.1, 0.15) is 5.82 Å². The average Bonchev–Trinajstić information content (AvgIpc) is 3.09. The Morgan fingerprint density at radius 1 is 1.43 bits per heavy atom. The van der Waals surface area contributed by atoms with Gasteiger partial charge in [-0.15, -0.1) is 0 Å². The number of pyridine rings is 1. The Morgan fingerprint density at radius 3 is 2.86 bits per heavy atom. The lowest BCUT2D eigenvalue weighted by Gasteiger charge is -2.17. The third-order valence-electron chi connectivity index (χ3n) is 3.77. The number of aromatic nitrogens is 3. The first-order valence-electron chi connectivity index (χ1n) is 7.05. The maximum atomic E-state index is 10.7. The predicted octanol–water partition coefficient (Wildman–Crippen LogP) is 0.536. The lowest BCUT2D eigenvalue weighted by atomic mass is 10.2. The normalized spacial score (nSPS) is 18.1. The fraction of sp³-hybridized carbons (Fsp3) is 0.400. The summed E-state index contributed by atoms with van der Waals surface area (Å²) in [5.41, 5.74) is 1.07. The zero-order valence-electron chi connectivity index (χ0n) is 11.9. The maximum Gasteiger partial charge on any atom is 0.128 e. The van der Waals surface area contributed by atoms with Crippen LogP contribution in [0.25, 0.3) is 0 Å². The maximum absolute atomic E-state index is 10.7. The van der Waals surface area contributed by atoms with Gasteiger partial charge in [0.2, 0.25) is 0 Å². The van der Waals surface area contributed by atoms with E-state index in [0.717, 1.165) is 30.4 Å². The van der Waals surface area contributed by atoms with Crippen LogP contribution in [0.4, 0.5) is 5.82 Å². The molecule has 6 heteroatoms. The second-order valence-electron chi connectivity index (χ2n) is 5.58. The second-order valence-corrected chi connectivity index (χ2v) is 5.58. The van der Waals surface area contributed by atoms with E-state index in [-0.39, 0.29) is 5.56 Å². The Labute approximate surface area is 123 Å². The summed E-state index contributed by atoms with van der Waals surface area (Å²) in [6.07, 6.45) is 5.79. The van der Waals surface area contributed by atoms with Crippen molar-refractivity contribution in [1.82, 2.24) is 14.8 Å². The Morgan fingerprint density at radius 2 is 2.29 bits per heavy atom. The number of carbonyl (C=O) groups is 1. The molecule has 3 rings (SSSR count). The summed E-state index contributed by atoms with van der Waals surface area (Å²) in [7, 11) is 0.